The molecule has 2 aliphatic heterocycles. The summed E-state index contributed by atoms with van der Waals surface area (Å²) >= 11 is 0. The summed E-state index contributed by atoms with van der Waals surface area (Å²) in [6.07, 6.45) is 5.55. The molecule has 5 nitrogen and oxygen atoms in total. The van der Waals surface area contributed by atoms with Crippen molar-refractivity contribution in [1.29, 1.82) is 0 Å². The van der Waals surface area contributed by atoms with E-state index in [4.69, 9.17) is 0 Å². The second-order valence-electron chi connectivity index (χ2n) is 7.08. The zero-order valence-electron chi connectivity index (χ0n) is 13.2. The third-order valence-corrected chi connectivity index (χ3v) is 5.50. The summed E-state index contributed by atoms with van der Waals surface area (Å²) in [6, 6.07) is -0.269. The molecule has 0 radical (unpaired) electrons. The van der Waals surface area contributed by atoms with Crippen LogP contribution < -0.4 is 5.32 Å². The maximum Gasteiger partial charge on any atom is 0.249 e. The van der Waals surface area contributed by atoms with Crippen molar-refractivity contribution < 1.29 is 9.59 Å². The Morgan fingerprint density at radius 2 is 2.00 bits per heavy atom. The van der Waals surface area contributed by atoms with E-state index in [-0.39, 0.29) is 17.9 Å². The van der Waals surface area contributed by atoms with Gasteiger partial charge in [0.25, 0.3) is 0 Å². The smallest absolute Gasteiger partial charge is 0.249 e. The summed E-state index contributed by atoms with van der Waals surface area (Å²) in [5.41, 5.74) is -0.576. The third kappa shape index (κ3) is 2.56. The maximum atomic E-state index is 13.0. The molecule has 0 bridgehead atoms. The van der Waals surface area contributed by atoms with Crippen molar-refractivity contribution in [2.24, 2.45) is 5.92 Å². The first-order valence-electron chi connectivity index (χ1n) is 8.37. The first kappa shape index (κ1) is 14.8. The normalized spacial score (nSPS) is 33.0. The lowest BCUT2D eigenvalue weighted by Crippen LogP contribution is -2.69. The van der Waals surface area contributed by atoms with Gasteiger partial charge in [-0.1, -0.05) is 19.8 Å². The summed E-state index contributed by atoms with van der Waals surface area (Å²) in [5, 5.41) is 3.07. The van der Waals surface area contributed by atoms with Gasteiger partial charge in [0.15, 0.2) is 0 Å². The van der Waals surface area contributed by atoms with Crippen molar-refractivity contribution in [3.8, 4) is 0 Å². The fraction of sp³-hybridized carbons (Fsp3) is 0.875. The number of carbonyl (C=O) groups is 2. The van der Waals surface area contributed by atoms with Crippen molar-refractivity contribution in [1.82, 2.24) is 15.1 Å². The van der Waals surface area contributed by atoms with Gasteiger partial charge < -0.3 is 15.1 Å². The van der Waals surface area contributed by atoms with Crippen LogP contribution in [0.25, 0.3) is 0 Å². The Morgan fingerprint density at radius 3 is 2.57 bits per heavy atom. The minimum atomic E-state index is -0.576. The Kier molecular flexibility index (Phi) is 3.95. The number of hydrogen-bond donors (Lipinski definition) is 1. The minimum Gasteiger partial charge on any atom is -0.340 e. The van der Waals surface area contributed by atoms with Crippen LogP contribution in [0.2, 0.25) is 0 Å². The Labute approximate surface area is 127 Å². The van der Waals surface area contributed by atoms with Crippen LogP contribution in [0.4, 0.5) is 0 Å². The van der Waals surface area contributed by atoms with Gasteiger partial charge in [0.1, 0.15) is 11.6 Å². The van der Waals surface area contributed by atoms with Gasteiger partial charge in [-0.05, 0) is 45.2 Å². The van der Waals surface area contributed by atoms with Gasteiger partial charge in [-0.25, -0.2) is 0 Å². The molecule has 5 heteroatoms. The molecule has 3 aliphatic rings. The molecule has 2 atom stereocenters. The Bertz CT molecular complexity index is 431. The lowest BCUT2D eigenvalue weighted by atomic mass is 9.89. The van der Waals surface area contributed by atoms with Gasteiger partial charge in [0, 0.05) is 13.1 Å². The summed E-state index contributed by atoms with van der Waals surface area (Å²) in [6.45, 7) is 4.88. The van der Waals surface area contributed by atoms with Crippen LogP contribution >= 0.6 is 0 Å². The first-order chi connectivity index (χ1) is 10.1. The van der Waals surface area contributed by atoms with Gasteiger partial charge in [-0.2, -0.15) is 0 Å². The molecule has 3 rings (SSSR count). The number of nitrogens with one attached hydrogen (secondary N) is 1. The van der Waals surface area contributed by atoms with E-state index in [0.29, 0.717) is 12.3 Å². The molecule has 1 aliphatic carbocycles. The van der Waals surface area contributed by atoms with Crippen LogP contribution in [-0.4, -0.2) is 59.9 Å². The SMILES string of the molecule is CCC1C(=O)NC2(CCCC2)C(=O)N1CC1CCN(C)C1. The van der Waals surface area contributed by atoms with Crippen LogP contribution in [-0.2, 0) is 9.59 Å². The quantitative estimate of drug-likeness (QED) is 0.844. The second kappa shape index (κ2) is 5.59. The van der Waals surface area contributed by atoms with E-state index in [2.05, 4.69) is 17.3 Å². The lowest BCUT2D eigenvalue weighted by molar-refractivity contribution is -0.155. The van der Waals surface area contributed by atoms with E-state index in [1.165, 1.54) is 0 Å². The molecule has 1 saturated carbocycles. The van der Waals surface area contributed by atoms with Crippen LogP contribution in [0, 0.1) is 5.92 Å². The molecule has 3 fully saturated rings. The van der Waals surface area contributed by atoms with Gasteiger partial charge in [-0.15, -0.1) is 0 Å². The molecular weight excluding hydrogens is 266 g/mol. The lowest BCUT2D eigenvalue weighted by Gasteiger charge is -2.45. The highest BCUT2D eigenvalue weighted by Crippen LogP contribution is 2.35. The fourth-order valence-electron chi connectivity index (χ4n) is 4.32. The standard InChI is InChI=1S/C16H27N3O2/c1-3-13-14(20)17-16(7-4-5-8-16)15(21)19(13)11-12-6-9-18(2)10-12/h12-13H,3-11H2,1-2H3,(H,17,20). The average molecular weight is 293 g/mol. The summed E-state index contributed by atoms with van der Waals surface area (Å²) in [7, 11) is 2.13. The molecular formula is C16H27N3O2. The molecule has 2 heterocycles. The van der Waals surface area contributed by atoms with E-state index >= 15 is 0 Å². The van der Waals surface area contributed by atoms with E-state index < -0.39 is 5.54 Å². The van der Waals surface area contributed by atoms with Gasteiger partial charge in [0.2, 0.25) is 11.8 Å². The number of nitrogens with zero attached hydrogens (tertiary/aromatic N) is 2. The van der Waals surface area contributed by atoms with Crippen LogP contribution in [0.5, 0.6) is 0 Å². The monoisotopic (exact) mass is 293 g/mol. The van der Waals surface area contributed by atoms with Crippen molar-refractivity contribution in [3.05, 3.63) is 0 Å². The van der Waals surface area contributed by atoms with Crippen LogP contribution in [0.1, 0.15) is 45.4 Å². The highest BCUT2D eigenvalue weighted by molar-refractivity contribution is 6.00. The molecule has 2 saturated heterocycles. The third-order valence-electron chi connectivity index (χ3n) is 5.50. The van der Waals surface area contributed by atoms with Crippen molar-refractivity contribution in [3.63, 3.8) is 0 Å². The first-order valence-corrected chi connectivity index (χ1v) is 8.37. The Hall–Kier alpha value is -1.10. The van der Waals surface area contributed by atoms with Crippen molar-refractivity contribution >= 4 is 11.8 Å². The number of rotatable bonds is 3. The summed E-state index contributed by atoms with van der Waals surface area (Å²) in [5.74, 6) is 0.753. The molecule has 1 spiro atoms. The minimum absolute atomic E-state index is 0.0605. The maximum absolute atomic E-state index is 13.0. The predicted molar refractivity (Wildman–Crippen MR) is 80.7 cm³/mol. The Balaban J connectivity index is 1.79. The number of hydrogen-bond acceptors (Lipinski definition) is 3. The zero-order chi connectivity index (χ0) is 15.0. The molecule has 2 unspecified atom stereocenters. The average Bonchev–Trinajstić information content (AvgIpc) is 3.06. The molecule has 0 aromatic carbocycles. The van der Waals surface area contributed by atoms with Gasteiger partial charge in [0.05, 0.1) is 0 Å². The number of carbonyl (C=O) groups excluding carboxylic acids is 2. The number of amides is 2. The summed E-state index contributed by atoms with van der Waals surface area (Å²) < 4.78 is 0. The van der Waals surface area contributed by atoms with Crippen LogP contribution in [0.3, 0.4) is 0 Å². The summed E-state index contributed by atoms with van der Waals surface area (Å²) in [4.78, 5) is 29.7. The van der Waals surface area contributed by atoms with E-state index in [1.54, 1.807) is 0 Å². The van der Waals surface area contributed by atoms with Crippen molar-refractivity contribution in [2.75, 3.05) is 26.7 Å². The molecule has 0 aromatic heterocycles. The van der Waals surface area contributed by atoms with Crippen LogP contribution in [0.15, 0.2) is 0 Å². The largest absolute Gasteiger partial charge is 0.340 e. The molecule has 118 valence electrons. The fourth-order valence-corrected chi connectivity index (χ4v) is 4.32. The molecule has 0 aromatic rings. The zero-order valence-corrected chi connectivity index (χ0v) is 13.2. The highest BCUT2D eigenvalue weighted by Gasteiger charge is 2.51. The number of likely N-dealkylation sites (tertiary alicyclic amines) is 1. The molecule has 1 N–H and O–H groups in total. The molecule has 2 amide bonds. The van der Waals surface area contributed by atoms with Crippen molar-refractivity contribution in [2.45, 2.75) is 57.0 Å². The Morgan fingerprint density at radius 1 is 1.29 bits per heavy atom. The van der Waals surface area contributed by atoms with E-state index in [0.717, 1.165) is 51.7 Å². The van der Waals surface area contributed by atoms with Gasteiger partial charge >= 0.3 is 0 Å². The molecule has 21 heavy (non-hydrogen) atoms. The van der Waals surface area contributed by atoms with Gasteiger partial charge in [-0.3, -0.25) is 9.59 Å². The van der Waals surface area contributed by atoms with E-state index in [9.17, 15) is 9.59 Å². The highest BCUT2D eigenvalue weighted by atomic mass is 16.2. The van der Waals surface area contributed by atoms with E-state index in [1.807, 2.05) is 11.8 Å². The predicted octanol–water partition coefficient (Wildman–Crippen LogP) is 0.988. The second-order valence-corrected chi connectivity index (χ2v) is 7.08. The topological polar surface area (TPSA) is 52.7 Å². The number of piperazine rings is 1.